The quantitative estimate of drug-likeness (QED) is 0.0595. The topological polar surface area (TPSA) is 295 Å². The van der Waals surface area contributed by atoms with E-state index >= 15 is 0 Å². The Bertz CT molecular complexity index is 457. The molecule has 2 atom stereocenters. The molecule has 0 amide bonds. The monoisotopic (exact) mass is 936 g/mol. The SMILES string of the molecule is CCC(C[Si](O)(OC)OC)OCC(COC[Si](O)(OC)OC)OC.CO.CO.CO.CO.CO.CO.CO.CO[Si](O)(OC)OC.[Nb].[Nb]. The molecule has 2 radical (unpaired) electrons. The van der Waals surface area contributed by atoms with E-state index in [1.54, 1.807) is 7.11 Å². The normalized spacial score (nSPS) is 10.6. The van der Waals surface area contributed by atoms with Crippen LogP contribution in [0.4, 0.5) is 0 Å². The van der Waals surface area contributed by atoms with Crippen LogP contribution in [0.1, 0.15) is 13.3 Å². The van der Waals surface area contributed by atoms with Crippen LogP contribution in [-0.4, -0.2) is 215 Å². The summed E-state index contributed by atoms with van der Waals surface area (Å²) in [4.78, 5) is 29.0. The number of aliphatic hydroxyl groups is 7. The Morgan fingerprint density at radius 2 is 0.771 bits per heavy atom. The van der Waals surface area contributed by atoms with Gasteiger partial charge in [0.05, 0.1) is 19.3 Å². The summed E-state index contributed by atoms with van der Waals surface area (Å²) in [5.41, 5.74) is 0. The van der Waals surface area contributed by atoms with Crippen molar-refractivity contribution in [3.63, 3.8) is 0 Å². The van der Waals surface area contributed by atoms with Crippen LogP contribution in [0.5, 0.6) is 0 Å². The molecule has 0 rings (SSSR count). The van der Waals surface area contributed by atoms with Crippen LogP contribution in [0.2, 0.25) is 6.04 Å². The molecule has 0 spiro atoms. The smallest absolute Gasteiger partial charge is 0.400 e. The molecule has 0 aromatic carbocycles. The van der Waals surface area contributed by atoms with E-state index in [4.69, 9.17) is 72.5 Å². The van der Waals surface area contributed by atoms with Gasteiger partial charge in [0.15, 0.2) is 0 Å². The first-order chi connectivity index (χ1) is 22.0. The summed E-state index contributed by atoms with van der Waals surface area (Å²) in [5.74, 6) is 0. The Morgan fingerprint density at radius 1 is 0.458 bits per heavy atom. The molecule has 2 unspecified atom stereocenters. The molecule has 0 aromatic rings. The van der Waals surface area contributed by atoms with Gasteiger partial charge in [-0.2, -0.15) is 0 Å². The zero-order valence-corrected chi connectivity index (χ0v) is 39.0. The van der Waals surface area contributed by atoms with Crippen molar-refractivity contribution in [1.82, 2.24) is 0 Å². The average Bonchev–Trinajstić information content (AvgIpc) is 3.17. The minimum Gasteiger partial charge on any atom is -0.400 e. The third-order valence-corrected chi connectivity index (χ3v) is 10.1. The predicted molar refractivity (Wildman–Crippen MR) is 176 cm³/mol. The molecule has 25 heteroatoms. The van der Waals surface area contributed by atoms with Gasteiger partial charge in [-0.3, -0.25) is 0 Å². The Kier molecular flexibility index (Phi) is 109. The van der Waals surface area contributed by atoms with Gasteiger partial charge < -0.3 is 95.3 Å². The number of hydrogen-bond donors (Lipinski definition) is 10. The van der Waals surface area contributed by atoms with Gasteiger partial charge in [-0.1, -0.05) is 6.92 Å². The minimum atomic E-state index is -3.25. The van der Waals surface area contributed by atoms with Crippen molar-refractivity contribution in [2.24, 2.45) is 0 Å². The molecule has 0 bridgehead atoms. The molecule has 0 fully saturated rings. The maximum Gasteiger partial charge on any atom is 0.676 e. The van der Waals surface area contributed by atoms with E-state index in [-0.39, 0.29) is 76.4 Å². The van der Waals surface area contributed by atoms with Gasteiger partial charge in [-0.05, 0) is 6.42 Å². The number of rotatable bonds is 18. The number of hydrogen-bond acceptors (Lipinski definition) is 20. The van der Waals surface area contributed by atoms with Crippen molar-refractivity contribution >= 4 is 26.7 Å². The first kappa shape index (κ1) is 78.4. The summed E-state index contributed by atoms with van der Waals surface area (Å²) in [6, 6.07) is 0.299. The molecule has 20 nitrogen and oxygen atoms in total. The second-order valence-corrected chi connectivity index (χ2v) is 13.8. The van der Waals surface area contributed by atoms with Gasteiger partial charge in [0, 0.05) is 157 Å². The van der Waals surface area contributed by atoms with Crippen LogP contribution in [0.3, 0.4) is 0 Å². The van der Waals surface area contributed by atoms with Gasteiger partial charge in [0.25, 0.3) is 0 Å². The Balaban J connectivity index is -0.0000000528. The van der Waals surface area contributed by atoms with E-state index in [2.05, 4.69) is 13.3 Å². The number of methoxy groups -OCH3 is 1. The maximum absolute atomic E-state index is 10.1. The molecule has 0 aliphatic rings. The zero-order chi connectivity index (χ0) is 39.3. The van der Waals surface area contributed by atoms with Crippen LogP contribution < -0.4 is 0 Å². The second kappa shape index (κ2) is 66.6. The molecule has 304 valence electrons. The van der Waals surface area contributed by atoms with Gasteiger partial charge in [0.1, 0.15) is 12.3 Å². The average molecular weight is 937 g/mol. The van der Waals surface area contributed by atoms with Crippen LogP contribution in [0.25, 0.3) is 0 Å². The van der Waals surface area contributed by atoms with Gasteiger partial charge in [-0.25, -0.2) is 0 Å². The Morgan fingerprint density at radius 3 is 0.979 bits per heavy atom. The molecule has 0 saturated carbocycles. The van der Waals surface area contributed by atoms with E-state index in [0.717, 1.165) is 49.8 Å². The van der Waals surface area contributed by atoms with Crippen molar-refractivity contribution in [1.29, 1.82) is 0 Å². The molecule has 0 heterocycles. The van der Waals surface area contributed by atoms with Crippen molar-refractivity contribution in [3.8, 4) is 0 Å². The van der Waals surface area contributed by atoms with E-state index < -0.39 is 26.7 Å². The summed E-state index contributed by atoms with van der Waals surface area (Å²) in [6.45, 7) is 2.43. The molecule has 0 aliphatic heterocycles. The third-order valence-electron chi connectivity index (χ3n) is 4.43. The first-order valence-electron chi connectivity index (χ1n) is 12.9. The van der Waals surface area contributed by atoms with Crippen molar-refractivity contribution in [2.75, 3.05) is 126 Å². The van der Waals surface area contributed by atoms with E-state index in [1.807, 2.05) is 6.92 Å². The van der Waals surface area contributed by atoms with Gasteiger partial charge >= 0.3 is 26.7 Å². The third kappa shape index (κ3) is 54.1. The van der Waals surface area contributed by atoms with Crippen molar-refractivity contribution in [3.05, 3.63) is 0 Å². The molecule has 0 aliphatic carbocycles. The fourth-order valence-corrected chi connectivity index (χ4v) is 4.82. The van der Waals surface area contributed by atoms with Gasteiger partial charge in [0.2, 0.25) is 0 Å². The largest absolute Gasteiger partial charge is 0.676 e. The van der Waals surface area contributed by atoms with Gasteiger partial charge in [-0.15, -0.1) is 0 Å². The fraction of sp³-hybridized carbons (Fsp3) is 1.00. The van der Waals surface area contributed by atoms with Crippen molar-refractivity contribution in [2.45, 2.75) is 31.6 Å². The van der Waals surface area contributed by atoms with Crippen LogP contribution in [-0.2, 0) is 90.0 Å². The predicted octanol–water partition coefficient (Wildman–Crippen LogP) is -3.59. The fourth-order valence-electron chi connectivity index (χ4n) is 2.06. The molecule has 0 saturated heterocycles. The minimum absolute atomic E-state index is 0. The summed E-state index contributed by atoms with van der Waals surface area (Å²) in [5, 5.41) is 49.0. The van der Waals surface area contributed by atoms with E-state index in [9.17, 15) is 9.59 Å². The summed E-state index contributed by atoms with van der Waals surface area (Å²) < 4.78 is 49.9. The van der Waals surface area contributed by atoms with Crippen LogP contribution >= 0.6 is 0 Å². The molecular formula is C23H70Nb2O20Si3. The molecule has 0 aromatic heterocycles. The maximum atomic E-state index is 10.1. The van der Waals surface area contributed by atoms with E-state index in [0.29, 0.717) is 12.5 Å². The van der Waals surface area contributed by atoms with Crippen LogP contribution in [0.15, 0.2) is 0 Å². The number of ether oxygens (including phenoxy) is 3. The second-order valence-electron chi connectivity index (χ2n) is 6.32. The Hall–Kier alpha value is 1.33. The van der Waals surface area contributed by atoms with E-state index in [1.165, 1.54) is 49.8 Å². The Labute approximate surface area is 323 Å². The number of aliphatic hydroxyl groups excluding tert-OH is 7. The first-order valence-corrected chi connectivity index (χ1v) is 18.5. The molecule has 48 heavy (non-hydrogen) atoms. The standard InChI is InChI=1S/C13H32O9Si2.C3H10O4Si.7CH4O.2Nb/c1-7-12(10-23(14,17-3)18-4)22-9-13(16-2)8-21-11-24(15,19-5)20-6;1-5-8(4,6-2)7-3;7*1-2;;/h12-15H,7-11H2,1-6H3;4H,1-3H3;7*2H,1H3;;. The summed E-state index contributed by atoms with van der Waals surface area (Å²) in [6.07, 6.45) is 0.116. The summed E-state index contributed by atoms with van der Waals surface area (Å²) >= 11 is 0. The van der Waals surface area contributed by atoms with Crippen LogP contribution in [0, 0.1) is 0 Å². The van der Waals surface area contributed by atoms with Crippen molar-refractivity contribution < 1.29 is 140 Å². The molecule has 10 N–H and O–H groups in total. The molecular weight excluding hydrogens is 866 g/mol. The summed E-state index contributed by atoms with van der Waals surface area (Å²) in [7, 11) is 8.53. The zero-order valence-electron chi connectivity index (χ0n) is 31.6.